The van der Waals surface area contributed by atoms with Crippen LogP contribution in [0, 0.1) is 4.91 Å². The third-order valence-corrected chi connectivity index (χ3v) is 6.55. The van der Waals surface area contributed by atoms with Crippen LogP contribution in [0.2, 0.25) is 0 Å². The van der Waals surface area contributed by atoms with Crippen LogP contribution in [-0.2, 0) is 13.0 Å². The van der Waals surface area contributed by atoms with E-state index in [9.17, 15) is 4.91 Å². The number of nitrogens with zero attached hydrogens (tertiary/aromatic N) is 3. The molecular formula is C20H25N3O. The molecule has 1 aromatic heterocycles. The normalized spacial score (nSPS) is 24.2. The molecule has 1 atom stereocenters. The lowest BCUT2D eigenvalue weighted by Crippen LogP contribution is -2.36. The van der Waals surface area contributed by atoms with Crippen LogP contribution in [0.1, 0.15) is 73.7 Å². The number of hydrogen-bond acceptors (Lipinski definition) is 2. The standard InChI is InChI=1S/C20H25N3O/c24-21-23-12-11-22-18-10-9-15(14-5-2-1-3-6-14)13-17(18)16-7-4-8-19(23)20(16)22/h9-10,13-14,19H,1-8,11-12H2/t19-/m1/s1. The van der Waals surface area contributed by atoms with Crippen molar-refractivity contribution in [2.45, 2.75) is 69.9 Å². The molecule has 1 aromatic carbocycles. The molecule has 0 bridgehead atoms. The summed E-state index contributed by atoms with van der Waals surface area (Å²) in [5.41, 5.74) is 5.78. The Balaban J connectivity index is 1.65. The van der Waals surface area contributed by atoms with E-state index < -0.39 is 0 Å². The van der Waals surface area contributed by atoms with Crippen LogP contribution in [0.25, 0.3) is 10.9 Å². The zero-order chi connectivity index (χ0) is 16.1. The first-order valence-electron chi connectivity index (χ1n) is 9.61. The molecule has 126 valence electrons. The van der Waals surface area contributed by atoms with Gasteiger partial charge < -0.3 is 4.57 Å². The molecule has 0 unspecified atom stereocenters. The number of aromatic nitrogens is 1. The van der Waals surface area contributed by atoms with Gasteiger partial charge in [-0.15, -0.1) is 4.91 Å². The zero-order valence-corrected chi connectivity index (χ0v) is 14.2. The van der Waals surface area contributed by atoms with Gasteiger partial charge in [0.05, 0.1) is 17.9 Å². The van der Waals surface area contributed by atoms with Gasteiger partial charge in [-0.3, -0.25) is 5.01 Å². The largest absolute Gasteiger partial charge is 0.340 e. The van der Waals surface area contributed by atoms with Gasteiger partial charge in [0, 0.05) is 23.1 Å². The van der Waals surface area contributed by atoms with Gasteiger partial charge in [0.1, 0.15) is 0 Å². The minimum Gasteiger partial charge on any atom is -0.340 e. The van der Waals surface area contributed by atoms with E-state index in [1.807, 2.05) is 0 Å². The van der Waals surface area contributed by atoms with E-state index in [1.165, 1.54) is 59.8 Å². The fourth-order valence-corrected chi connectivity index (χ4v) is 5.39. The Morgan fingerprint density at radius 2 is 1.88 bits per heavy atom. The van der Waals surface area contributed by atoms with Crippen molar-refractivity contribution in [1.29, 1.82) is 0 Å². The lowest BCUT2D eigenvalue weighted by molar-refractivity contribution is 0.144. The van der Waals surface area contributed by atoms with Crippen molar-refractivity contribution in [3.05, 3.63) is 39.9 Å². The first-order chi connectivity index (χ1) is 11.9. The molecule has 0 amide bonds. The lowest BCUT2D eigenvalue weighted by atomic mass is 9.83. The summed E-state index contributed by atoms with van der Waals surface area (Å²) >= 11 is 0. The van der Waals surface area contributed by atoms with Gasteiger partial charge in [0.2, 0.25) is 0 Å². The number of hydrogen-bond donors (Lipinski definition) is 0. The predicted molar refractivity (Wildman–Crippen MR) is 95.9 cm³/mol. The van der Waals surface area contributed by atoms with E-state index in [0.717, 1.165) is 38.3 Å². The third kappa shape index (κ3) is 2.04. The van der Waals surface area contributed by atoms with Crippen LogP contribution in [0.5, 0.6) is 0 Å². The second kappa shape index (κ2) is 5.61. The maximum Gasteiger partial charge on any atom is 0.0906 e. The highest BCUT2D eigenvalue weighted by molar-refractivity contribution is 5.87. The SMILES string of the molecule is O=NN1CCn2c3c(c4cc(C5CCCCC5)ccc42)CCC[C@H]31. The van der Waals surface area contributed by atoms with Crippen molar-refractivity contribution in [3.63, 3.8) is 0 Å². The maximum absolute atomic E-state index is 11.2. The average molecular weight is 323 g/mol. The molecule has 0 saturated heterocycles. The van der Waals surface area contributed by atoms with Gasteiger partial charge in [-0.25, -0.2) is 0 Å². The number of rotatable bonds is 2. The Bertz CT molecular complexity index is 788. The summed E-state index contributed by atoms with van der Waals surface area (Å²) in [7, 11) is 0. The Hall–Kier alpha value is -1.84. The molecule has 5 rings (SSSR count). The van der Waals surface area contributed by atoms with Crippen molar-refractivity contribution in [2.75, 3.05) is 6.54 Å². The molecule has 0 N–H and O–H groups in total. The van der Waals surface area contributed by atoms with Crippen LogP contribution in [-0.4, -0.2) is 16.1 Å². The summed E-state index contributed by atoms with van der Waals surface area (Å²) in [6.45, 7) is 1.63. The fraction of sp³-hybridized carbons (Fsp3) is 0.600. The highest BCUT2D eigenvalue weighted by atomic mass is 16.3. The number of nitroso groups, excluding NO2 is 1. The molecule has 4 nitrogen and oxygen atoms in total. The van der Waals surface area contributed by atoms with E-state index in [4.69, 9.17) is 0 Å². The van der Waals surface area contributed by atoms with Crippen molar-refractivity contribution < 1.29 is 0 Å². The van der Waals surface area contributed by atoms with Crippen molar-refractivity contribution in [3.8, 4) is 0 Å². The first-order valence-corrected chi connectivity index (χ1v) is 9.61. The van der Waals surface area contributed by atoms with Gasteiger partial charge in [0.15, 0.2) is 0 Å². The summed E-state index contributed by atoms with van der Waals surface area (Å²) in [6, 6.07) is 7.39. The molecule has 2 aliphatic carbocycles. The van der Waals surface area contributed by atoms with Crippen LogP contribution in [0.3, 0.4) is 0 Å². The molecular weight excluding hydrogens is 298 g/mol. The van der Waals surface area contributed by atoms with Gasteiger partial charge in [-0.1, -0.05) is 25.3 Å². The Morgan fingerprint density at radius 1 is 1.00 bits per heavy atom. The molecule has 2 heterocycles. The summed E-state index contributed by atoms with van der Waals surface area (Å²) in [4.78, 5) is 11.2. The molecule has 0 radical (unpaired) electrons. The molecule has 1 saturated carbocycles. The number of aryl methyl sites for hydroxylation is 1. The molecule has 1 aliphatic heterocycles. The first kappa shape index (κ1) is 14.5. The van der Waals surface area contributed by atoms with Crippen molar-refractivity contribution >= 4 is 10.9 Å². The summed E-state index contributed by atoms with van der Waals surface area (Å²) in [5.74, 6) is 0.750. The summed E-state index contributed by atoms with van der Waals surface area (Å²) in [6.07, 6.45) is 10.2. The average Bonchev–Trinajstić information content (AvgIpc) is 2.98. The smallest absolute Gasteiger partial charge is 0.0906 e. The summed E-state index contributed by atoms with van der Waals surface area (Å²) in [5, 5.41) is 6.53. The van der Waals surface area contributed by atoms with E-state index >= 15 is 0 Å². The van der Waals surface area contributed by atoms with E-state index in [-0.39, 0.29) is 6.04 Å². The predicted octanol–water partition coefficient (Wildman–Crippen LogP) is 5.06. The van der Waals surface area contributed by atoms with Crippen molar-refractivity contribution in [1.82, 2.24) is 9.58 Å². The highest BCUT2D eigenvalue weighted by Crippen LogP contribution is 2.44. The highest BCUT2D eigenvalue weighted by Gasteiger charge is 2.35. The van der Waals surface area contributed by atoms with E-state index in [1.54, 1.807) is 5.01 Å². The molecule has 0 spiro atoms. The Labute approximate surface area is 142 Å². The Kier molecular flexibility index (Phi) is 3.39. The van der Waals surface area contributed by atoms with Gasteiger partial charge in [0.25, 0.3) is 0 Å². The minimum atomic E-state index is 0.200. The van der Waals surface area contributed by atoms with E-state index in [0.29, 0.717) is 0 Å². The van der Waals surface area contributed by atoms with Crippen molar-refractivity contribution in [2.24, 2.45) is 5.29 Å². The van der Waals surface area contributed by atoms with E-state index in [2.05, 4.69) is 28.1 Å². The molecule has 1 fully saturated rings. The Morgan fingerprint density at radius 3 is 2.71 bits per heavy atom. The second-order valence-electron chi connectivity index (χ2n) is 7.78. The quantitative estimate of drug-likeness (QED) is 0.724. The number of fused-ring (bicyclic) bond motifs is 3. The summed E-state index contributed by atoms with van der Waals surface area (Å²) < 4.78 is 2.47. The molecule has 4 heteroatoms. The van der Waals surface area contributed by atoms with Gasteiger partial charge in [-0.2, -0.15) is 0 Å². The van der Waals surface area contributed by atoms with Crippen LogP contribution in [0.4, 0.5) is 0 Å². The minimum absolute atomic E-state index is 0.200. The third-order valence-electron chi connectivity index (χ3n) is 6.55. The lowest BCUT2D eigenvalue weighted by Gasteiger charge is -2.36. The molecule has 3 aliphatic rings. The monoisotopic (exact) mass is 323 g/mol. The topological polar surface area (TPSA) is 37.6 Å². The van der Waals surface area contributed by atoms with Crippen LogP contribution < -0.4 is 0 Å². The molecule has 24 heavy (non-hydrogen) atoms. The maximum atomic E-state index is 11.2. The number of benzene rings is 1. The van der Waals surface area contributed by atoms with Crippen LogP contribution in [0.15, 0.2) is 23.5 Å². The van der Waals surface area contributed by atoms with Gasteiger partial charge in [-0.05, 0) is 61.3 Å². The second-order valence-corrected chi connectivity index (χ2v) is 7.78. The van der Waals surface area contributed by atoms with Gasteiger partial charge >= 0.3 is 0 Å². The van der Waals surface area contributed by atoms with Crippen LogP contribution >= 0.6 is 0 Å². The molecule has 2 aromatic rings. The zero-order valence-electron chi connectivity index (χ0n) is 14.2. The fourth-order valence-electron chi connectivity index (χ4n) is 5.39.